The zero-order valence-electron chi connectivity index (χ0n) is 11.2. The highest BCUT2D eigenvalue weighted by Crippen LogP contribution is 2.17. The van der Waals surface area contributed by atoms with Crippen molar-refractivity contribution < 1.29 is 24.2 Å². The number of amides is 2. The quantitative estimate of drug-likeness (QED) is 0.707. The van der Waals surface area contributed by atoms with Gasteiger partial charge in [0.15, 0.2) is 0 Å². The van der Waals surface area contributed by atoms with Crippen LogP contribution in [-0.4, -0.2) is 36.2 Å². The van der Waals surface area contributed by atoms with Gasteiger partial charge in [0.1, 0.15) is 6.54 Å². The minimum Gasteiger partial charge on any atom is -0.478 e. The Morgan fingerprint density at radius 3 is 2.60 bits per heavy atom. The van der Waals surface area contributed by atoms with Crippen LogP contribution in [0.4, 0.5) is 10.5 Å². The second kappa shape index (κ2) is 7.13. The molecule has 0 fully saturated rings. The van der Waals surface area contributed by atoms with Gasteiger partial charge in [0.2, 0.25) is 0 Å². The Hall–Kier alpha value is -2.57. The van der Waals surface area contributed by atoms with Gasteiger partial charge >= 0.3 is 18.0 Å². The van der Waals surface area contributed by atoms with Gasteiger partial charge in [-0.05, 0) is 26.0 Å². The Morgan fingerprint density at radius 2 is 2.00 bits per heavy atom. The zero-order chi connectivity index (χ0) is 15.1. The first-order chi connectivity index (χ1) is 9.43. The van der Waals surface area contributed by atoms with E-state index in [9.17, 15) is 14.4 Å². The van der Waals surface area contributed by atoms with Gasteiger partial charge in [-0.2, -0.15) is 0 Å². The van der Waals surface area contributed by atoms with Crippen molar-refractivity contribution in [1.82, 2.24) is 5.32 Å². The van der Waals surface area contributed by atoms with Crippen LogP contribution in [0.3, 0.4) is 0 Å². The Bertz CT molecular complexity index is 527. The SMILES string of the molecule is CCOC(=O)CNC(=O)Nc1ccc(C)cc1C(=O)O. The summed E-state index contributed by atoms with van der Waals surface area (Å²) in [6, 6.07) is 3.93. The summed E-state index contributed by atoms with van der Waals surface area (Å²) >= 11 is 0. The molecule has 1 rings (SSSR count). The monoisotopic (exact) mass is 280 g/mol. The maximum atomic E-state index is 11.6. The maximum Gasteiger partial charge on any atom is 0.337 e. The normalized spacial score (nSPS) is 9.70. The average Bonchev–Trinajstić information content (AvgIpc) is 2.38. The van der Waals surface area contributed by atoms with Crippen LogP contribution < -0.4 is 10.6 Å². The summed E-state index contributed by atoms with van der Waals surface area (Å²) in [6.45, 7) is 3.34. The molecule has 7 heteroatoms. The summed E-state index contributed by atoms with van der Waals surface area (Å²) in [5.41, 5.74) is 0.903. The van der Waals surface area contributed by atoms with Crippen molar-refractivity contribution in [3.63, 3.8) is 0 Å². The third-order valence-corrected chi connectivity index (χ3v) is 2.35. The number of aromatic carboxylic acids is 1. The van der Waals surface area contributed by atoms with Crippen molar-refractivity contribution >= 4 is 23.7 Å². The zero-order valence-corrected chi connectivity index (χ0v) is 11.2. The van der Waals surface area contributed by atoms with Crippen LogP contribution in [-0.2, 0) is 9.53 Å². The number of esters is 1. The molecule has 7 nitrogen and oxygen atoms in total. The number of ether oxygens (including phenoxy) is 1. The van der Waals surface area contributed by atoms with Crippen molar-refractivity contribution in [3.8, 4) is 0 Å². The van der Waals surface area contributed by atoms with E-state index in [0.29, 0.717) is 0 Å². The summed E-state index contributed by atoms with van der Waals surface area (Å²) in [5.74, 6) is -1.71. The molecular formula is C13H16N2O5. The molecule has 0 heterocycles. The van der Waals surface area contributed by atoms with Crippen LogP contribution in [0.15, 0.2) is 18.2 Å². The molecule has 2 amide bonds. The molecule has 0 saturated heterocycles. The number of hydrogen-bond donors (Lipinski definition) is 3. The fraction of sp³-hybridized carbons (Fsp3) is 0.308. The number of hydrogen-bond acceptors (Lipinski definition) is 4. The molecule has 20 heavy (non-hydrogen) atoms. The van der Waals surface area contributed by atoms with E-state index < -0.39 is 18.0 Å². The molecule has 0 spiro atoms. The van der Waals surface area contributed by atoms with E-state index in [0.717, 1.165) is 5.56 Å². The molecule has 0 aliphatic carbocycles. The minimum absolute atomic E-state index is 0.0173. The first-order valence-electron chi connectivity index (χ1n) is 5.98. The van der Waals surface area contributed by atoms with Crippen LogP contribution in [0, 0.1) is 6.92 Å². The first kappa shape index (κ1) is 15.5. The van der Waals surface area contributed by atoms with Crippen LogP contribution in [0.1, 0.15) is 22.8 Å². The molecule has 108 valence electrons. The highest BCUT2D eigenvalue weighted by atomic mass is 16.5. The van der Waals surface area contributed by atoms with Crippen molar-refractivity contribution in [2.75, 3.05) is 18.5 Å². The molecular weight excluding hydrogens is 264 g/mol. The van der Waals surface area contributed by atoms with Gasteiger partial charge in [0.05, 0.1) is 17.9 Å². The highest BCUT2D eigenvalue weighted by molar-refractivity contribution is 6.00. The number of anilines is 1. The number of carbonyl (C=O) groups excluding carboxylic acids is 2. The highest BCUT2D eigenvalue weighted by Gasteiger charge is 2.13. The van der Waals surface area contributed by atoms with E-state index in [1.54, 1.807) is 19.9 Å². The topological polar surface area (TPSA) is 105 Å². The number of nitrogens with one attached hydrogen (secondary N) is 2. The molecule has 0 aliphatic rings. The van der Waals surface area contributed by atoms with Crippen LogP contribution in [0.2, 0.25) is 0 Å². The number of rotatable bonds is 5. The van der Waals surface area contributed by atoms with Crippen LogP contribution in [0.25, 0.3) is 0 Å². The molecule has 0 atom stereocenters. The van der Waals surface area contributed by atoms with Crippen LogP contribution in [0.5, 0.6) is 0 Å². The number of benzene rings is 1. The summed E-state index contributed by atoms with van der Waals surface area (Å²) in [6.07, 6.45) is 0. The fourth-order valence-corrected chi connectivity index (χ4v) is 1.48. The van der Waals surface area contributed by atoms with E-state index in [2.05, 4.69) is 15.4 Å². The van der Waals surface area contributed by atoms with E-state index >= 15 is 0 Å². The minimum atomic E-state index is -1.14. The predicted octanol–water partition coefficient (Wildman–Crippen LogP) is 1.38. The van der Waals surface area contributed by atoms with Gasteiger partial charge in [-0.3, -0.25) is 4.79 Å². The van der Waals surface area contributed by atoms with Gasteiger partial charge in [-0.15, -0.1) is 0 Å². The number of carboxylic acid groups (broad SMARTS) is 1. The standard InChI is InChI=1S/C13H16N2O5/c1-3-20-11(16)7-14-13(19)15-10-5-4-8(2)6-9(10)12(17)18/h4-6H,3,7H2,1-2H3,(H,17,18)(H2,14,15,19). The lowest BCUT2D eigenvalue weighted by Gasteiger charge is -2.10. The Kier molecular flexibility index (Phi) is 5.52. The maximum absolute atomic E-state index is 11.6. The van der Waals surface area contributed by atoms with Crippen molar-refractivity contribution in [3.05, 3.63) is 29.3 Å². The van der Waals surface area contributed by atoms with E-state index in [1.165, 1.54) is 12.1 Å². The van der Waals surface area contributed by atoms with Crippen molar-refractivity contribution in [2.24, 2.45) is 0 Å². The van der Waals surface area contributed by atoms with E-state index in [4.69, 9.17) is 5.11 Å². The molecule has 0 aliphatic heterocycles. The van der Waals surface area contributed by atoms with E-state index in [1.807, 2.05) is 0 Å². The molecule has 1 aromatic carbocycles. The van der Waals surface area contributed by atoms with Gasteiger partial charge in [-0.1, -0.05) is 11.6 Å². The Balaban J connectivity index is 2.66. The summed E-state index contributed by atoms with van der Waals surface area (Å²) < 4.78 is 4.64. The largest absolute Gasteiger partial charge is 0.478 e. The first-order valence-corrected chi connectivity index (χ1v) is 5.98. The molecule has 0 unspecified atom stereocenters. The second-order valence-electron chi connectivity index (χ2n) is 3.97. The number of urea groups is 1. The molecule has 0 bridgehead atoms. The van der Waals surface area contributed by atoms with Gasteiger partial charge in [-0.25, -0.2) is 9.59 Å². The third-order valence-electron chi connectivity index (χ3n) is 2.35. The average molecular weight is 280 g/mol. The van der Waals surface area contributed by atoms with Gasteiger partial charge < -0.3 is 20.5 Å². The molecule has 1 aromatic rings. The van der Waals surface area contributed by atoms with Crippen molar-refractivity contribution in [1.29, 1.82) is 0 Å². The summed E-state index contributed by atoms with van der Waals surface area (Å²) in [7, 11) is 0. The lowest BCUT2D eigenvalue weighted by atomic mass is 10.1. The number of carboxylic acids is 1. The molecule has 3 N–H and O–H groups in total. The Labute approximate surface area is 115 Å². The second-order valence-corrected chi connectivity index (χ2v) is 3.97. The van der Waals surface area contributed by atoms with Crippen molar-refractivity contribution in [2.45, 2.75) is 13.8 Å². The molecule has 0 aromatic heterocycles. The summed E-state index contributed by atoms with van der Waals surface area (Å²) in [5, 5.41) is 13.7. The van der Waals surface area contributed by atoms with Gasteiger partial charge in [0.25, 0.3) is 0 Å². The van der Waals surface area contributed by atoms with Crippen LogP contribution >= 0.6 is 0 Å². The third kappa shape index (κ3) is 4.60. The lowest BCUT2D eigenvalue weighted by Crippen LogP contribution is -2.34. The van der Waals surface area contributed by atoms with E-state index in [-0.39, 0.29) is 24.4 Å². The number of carbonyl (C=O) groups is 3. The number of aryl methyl sites for hydroxylation is 1. The molecule has 0 saturated carbocycles. The Morgan fingerprint density at radius 1 is 1.30 bits per heavy atom. The lowest BCUT2D eigenvalue weighted by molar-refractivity contribution is -0.141. The fourth-order valence-electron chi connectivity index (χ4n) is 1.48. The summed E-state index contributed by atoms with van der Waals surface area (Å²) in [4.78, 5) is 33.7. The smallest absolute Gasteiger partial charge is 0.337 e. The predicted molar refractivity (Wildman–Crippen MR) is 71.8 cm³/mol. The van der Waals surface area contributed by atoms with Gasteiger partial charge in [0, 0.05) is 0 Å². The molecule has 0 radical (unpaired) electrons.